The molecule has 26 heavy (non-hydrogen) atoms. The van der Waals surface area contributed by atoms with Crippen LogP contribution in [0.15, 0.2) is 59.5 Å². The van der Waals surface area contributed by atoms with E-state index in [9.17, 15) is 17.4 Å². The summed E-state index contributed by atoms with van der Waals surface area (Å²) in [5.41, 5.74) is 0.770. The van der Waals surface area contributed by atoms with Crippen LogP contribution in [0.2, 0.25) is 0 Å². The van der Waals surface area contributed by atoms with E-state index < -0.39 is 23.2 Å². The third-order valence-corrected chi connectivity index (χ3v) is 5.62. The lowest BCUT2D eigenvalue weighted by atomic mass is 10.1. The molecule has 138 valence electrons. The highest BCUT2D eigenvalue weighted by Crippen LogP contribution is 2.39. The van der Waals surface area contributed by atoms with Gasteiger partial charge in [-0.1, -0.05) is 48.5 Å². The second-order valence-corrected chi connectivity index (χ2v) is 7.50. The summed E-state index contributed by atoms with van der Waals surface area (Å²) in [7, 11) is -0.716. The summed E-state index contributed by atoms with van der Waals surface area (Å²) in [6, 6.07) is 12.8. The summed E-state index contributed by atoms with van der Waals surface area (Å²) < 4.78 is 60.4. The number of halogens is 3. The second kappa shape index (κ2) is 7.63. The monoisotopic (exact) mass is 381 g/mol. The maximum atomic E-state index is 13.7. The molecular formula is C19H18F3NO2S. The van der Waals surface area contributed by atoms with Crippen LogP contribution in [-0.2, 0) is 11.0 Å². The first-order chi connectivity index (χ1) is 12.4. The predicted octanol–water partition coefficient (Wildman–Crippen LogP) is 4.71. The highest BCUT2D eigenvalue weighted by atomic mass is 32.2. The van der Waals surface area contributed by atoms with Gasteiger partial charge >= 0.3 is 6.18 Å². The van der Waals surface area contributed by atoms with E-state index in [-0.39, 0.29) is 12.2 Å². The van der Waals surface area contributed by atoms with Crippen molar-refractivity contribution in [1.82, 2.24) is 4.31 Å². The molecule has 2 unspecified atom stereocenters. The fourth-order valence-electron chi connectivity index (χ4n) is 2.90. The molecule has 3 rings (SSSR count). The van der Waals surface area contributed by atoms with Crippen LogP contribution in [0.1, 0.15) is 23.6 Å². The lowest BCUT2D eigenvalue weighted by molar-refractivity contribution is -0.170. The first-order valence-electron chi connectivity index (χ1n) is 8.06. The SMILES string of the molecule is CN(C(c1ccccc1)C(F)(F)F)S(=O)C1=Cc2ccccc2OCC1. The van der Waals surface area contributed by atoms with E-state index in [0.717, 1.165) is 4.31 Å². The Kier molecular flexibility index (Phi) is 5.48. The molecule has 2 aromatic carbocycles. The standard InChI is InChI=1S/C19H18F3NO2S/c1-23(18(19(20,21)22)14-7-3-2-4-8-14)26(24)16-11-12-25-17-10-6-5-9-15(17)13-16/h2-10,13,18H,11-12H2,1H3. The van der Waals surface area contributed by atoms with Gasteiger partial charge in [0.05, 0.1) is 6.61 Å². The third kappa shape index (κ3) is 3.99. The number of alkyl halides is 3. The van der Waals surface area contributed by atoms with Crippen LogP contribution >= 0.6 is 0 Å². The molecule has 1 aliphatic rings. The van der Waals surface area contributed by atoms with Crippen molar-refractivity contribution in [1.29, 1.82) is 0 Å². The number of rotatable bonds is 4. The minimum atomic E-state index is -4.55. The van der Waals surface area contributed by atoms with Crippen molar-refractivity contribution in [2.45, 2.75) is 18.6 Å². The van der Waals surface area contributed by atoms with Gasteiger partial charge in [-0.2, -0.15) is 13.2 Å². The minimum Gasteiger partial charge on any atom is -0.493 e. The van der Waals surface area contributed by atoms with E-state index in [1.807, 2.05) is 6.07 Å². The van der Waals surface area contributed by atoms with Crippen molar-refractivity contribution in [3.8, 4) is 5.75 Å². The Morgan fingerprint density at radius 1 is 1.08 bits per heavy atom. The van der Waals surface area contributed by atoms with E-state index in [0.29, 0.717) is 22.6 Å². The van der Waals surface area contributed by atoms with Crippen molar-refractivity contribution in [3.05, 3.63) is 70.6 Å². The molecule has 2 aromatic rings. The summed E-state index contributed by atoms with van der Waals surface area (Å²) in [6.07, 6.45) is -2.59. The fraction of sp³-hybridized carbons (Fsp3) is 0.263. The van der Waals surface area contributed by atoms with E-state index in [1.54, 1.807) is 42.5 Å². The Hall–Kier alpha value is -2.12. The van der Waals surface area contributed by atoms with Crippen LogP contribution in [0.5, 0.6) is 5.75 Å². The van der Waals surface area contributed by atoms with Crippen molar-refractivity contribution in [2.24, 2.45) is 0 Å². The van der Waals surface area contributed by atoms with Gasteiger partial charge in [0.2, 0.25) is 0 Å². The molecule has 0 bridgehead atoms. The van der Waals surface area contributed by atoms with E-state index in [1.165, 1.54) is 19.2 Å². The molecule has 3 nitrogen and oxygen atoms in total. The molecule has 0 spiro atoms. The van der Waals surface area contributed by atoms with Crippen LogP contribution < -0.4 is 4.74 Å². The fourth-order valence-corrected chi connectivity index (χ4v) is 4.19. The quantitative estimate of drug-likeness (QED) is 0.768. The largest absolute Gasteiger partial charge is 0.493 e. The Labute approximate surface area is 152 Å². The van der Waals surface area contributed by atoms with Gasteiger partial charge in [-0.3, -0.25) is 0 Å². The molecule has 1 heterocycles. The summed E-state index contributed by atoms with van der Waals surface area (Å²) in [6.45, 7) is 0.268. The van der Waals surface area contributed by atoms with Crippen LogP contribution in [0.4, 0.5) is 13.2 Å². The number of benzene rings is 2. The lowest BCUT2D eigenvalue weighted by Crippen LogP contribution is -2.37. The summed E-state index contributed by atoms with van der Waals surface area (Å²) in [4.78, 5) is 0.405. The normalized spacial score (nSPS) is 16.9. The number of hydrogen-bond acceptors (Lipinski definition) is 2. The molecule has 1 aliphatic heterocycles. The van der Waals surface area contributed by atoms with Crippen molar-refractivity contribution in [3.63, 3.8) is 0 Å². The lowest BCUT2D eigenvalue weighted by Gasteiger charge is -2.29. The summed E-state index contributed by atoms with van der Waals surface area (Å²) >= 11 is 0. The number of ether oxygens (including phenoxy) is 1. The smallest absolute Gasteiger partial charge is 0.409 e. The molecule has 2 atom stereocenters. The zero-order chi connectivity index (χ0) is 18.7. The summed E-state index contributed by atoms with van der Waals surface area (Å²) in [5.74, 6) is 0.637. The predicted molar refractivity (Wildman–Crippen MR) is 95.7 cm³/mol. The van der Waals surface area contributed by atoms with Gasteiger partial charge in [0.25, 0.3) is 0 Å². The second-order valence-electron chi connectivity index (χ2n) is 5.90. The average molecular weight is 381 g/mol. The number of para-hydroxylation sites is 1. The molecule has 0 fully saturated rings. The zero-order valence-corrected chi connectivity index (χ0v) is 14.9. The average Bonchev–Trinajstić information content (AvgIpc) is 2.83. The van der Waals surface area contributed by atoms with Crippen molar-refractivity contribution in [2.75, 3.05) is 13.7 Å². The van der Waals surface area contributed by atoms with Crippen LogP contribution in [0.3, 0.4) is 0 Å². The van der Waals surface area contributed by atoms with Crippen molar-refractivity contribution >= 4 is 17.1 Å². The molecule has 0 saturated heterocycles. The zero-order valence-electron chi connectivity index (χ0n) is 14.1. The maximum Gasteiger partial charge on any atom is 0.409 e. The van der Waals surface area contributed by atoms with E-state index in [2.05, 4.69) is 0 Å². The van der Waals surface area contributed by atoms with Crippen LogP contribution in [-0.4, -0.2) is 28.3 Å². The number of nitrogens with zero attached hydrogens (tertiary/aromatic N) is 1. The van der Waals surface area contributed by atoms with E-state index in [4.69, 9.17) is 4.74 Å². The van der Waals surface area contributed by atoms with Gasteiger partial charge in [0.15, 0.2) is 0 Å². The molecule has 0 aromatic heterocycles. The van der Waals surface area contributed by atoms with E-state index >= 15 is 0 Å². The molecule has 0 N–H and O–H groups in total. The Balaban J connectivity index is 1.94. The molecule has 0 saturated carbocycles. The van der Waals surface area contributed by atoms with Gasteiger partial charge in [-0.15, -0.1) is 0 Å². The van der Waals surface area contributed by atoms with Crippen molar-refractivity contribution < 1.29 is 22.1 Å². The van der Waals surface area contributed by atoms with Gasteiger partial charge in [0, 0.05) is 23.9 Å². The molecular weight excluding hydrogens is 363 g/mol. The minimum absolute atomic E-state index is 0.0572. The van der Waals surface area contributed by atoms with Crippen LogP contribution in [0, 0.1) is 0 Å². The number of hydrogen-bond donors (Lipinski definition) is 0. The highest BCUT2D eigenvalue weighted by Gasteiger charge is 2.45. The molecule has 0 aliphatic carbocycles. The third-order valence-electron chi connectivity index (χ3n) is 4.12. The summed E-state index contributed by atoms with van der Waals surface area (Å²) in [5, 5.41) is 0. The Bertz CT molecular complexity index is 821. The topological polar surface area (TPSA) is 29.5 Å². The molecule has 0 radical (unpaired) electrons. The van der Waals surface area contributed by atoms with Gasteiger partial charge in [-0.25, -0.2) is 8.51 Å². The first-order valence-corrected chi connectivity index (χ1v) is 9.17. The Morgan fingerprint density at radius 3 is 2.42 bits per heavy atom. The Morgan fingerprint density at radius 2 is 1.73 bits per heavy atom. The van der Waals surface area contributed by atoms with Crippen LogP contribution in [0.25, 0.3) is 6.08 Å². The number of fused-ring (bicyclic) bond motifs is 1. The first kappa shape index (κ1) is 18.7. The van der Waals surface area contributed by atoms with Gasteiger partial charge in [-0.05, 0) is 17.7 Å². The van der Waals surface area contributed by atoms with Gasteiger partial charge in [0.1, 0.15) is 22.8 Å². The highest BCUT2D eigenvalue weighted by molar-refractivity contribution is 7.86. The van der Waals surface area contributed by atoms with Gasteiger partial charge < -0.3 is 4.74 Å². The molecule has 7 heteroatoms. The molecule has 0 amide bonds. The maximum absolute atomic E-state index is 13.7.